The highest BCUT2D eigenvalue weighted by molar-refractivity contribution is 7.98. The van der Waals surface area contributed by atoms with E-state index in [1.54, 1.807) is 18.9 Å². The largest absolute Gasteiger partial charge is 0.497 e. The van der Waals surface area contributed by atoms with Crippen LogP contribution in [-0.2, 0) is 0 Å². The summed E-state index contributed by atoms with van der Waals surface area (Å²) in [5, 5.41) is 8.16. The highest BCUT2D eigenvalue weighted by atomic mass is 32.2. The Hall–Kier alpha value is -1.42. The molecule has 4 heteroatoms. The highest BCUT2D eigenvalue weighted by Crippen LogP contribution is 2.23. The molecule has 1 N–H and O–H groups in total. The summed E-state index contributed by atoms with van der Waals surface area (Å²) >= 11 is 1.62. The molecule has 2 rings (SSSR count). The molecule has 1 aromatic heterocycles. The summed E-state index contributed by atoms with van der Waals surface area (Å²) in [5.41, 5.74) is 2.14. The lowest BCUT2D eigenvalue weighted by molar-refractivity contribution is 0.415. The molecule has 0 spiro atoms. The number of aromatic nitrogens is 2. The van der Waals surface area contributed by atoms with Gasteiger partial charge < -0.3 is 4.74 Å². The second-order valence-corrected chi connectivity index (χ2v) is 3.88. The van der Waals surface area contributed by atoms with E-state index in [1.165, 1.54) is 0 Å². The smallest absolute Gasteiger partial charge is 0.118 e. The molecule has 0 aliphatic rings. The number of H-pyrrole nitrogens is 1. The third-order valence-electron chi connectivity index (χ3n) is 2.16. The van der Waals surface area contributed by atoms with E-state index in [0.717, 1.165) is 22.0 Å². The van der Waals surface area contributed by atoms with Crippen molar-refractivity contribution in [2.75, 3.05) is 13.4 Å². The normalized spacial score (nSPS) is 10.3. The Morgan fingerprint density at radius 3 is 2.53 bits per heavy atom. The van der Waals surface area contributed by atoms with Crippen molar-refractivity contribution in [3.05, 3.63) is 30.3 Å². The first kappa shape index (κ1) is 10.1. The van der Waals surface area contributed by atoms with Crippen molar-refractivity contribution in [3.8, 4) is 17.0 Å². The predicted octanol–water partition coefficient (Wildman–Crippen LogP) is 2.81. The minimum atomic E-state index is 0.864. The number of ether oxygens (including phenoxy) is 1. The fraction of sp³-hybridized carbons (Fsp3) is 0.182. The number of nitrogens with zero attached hydrogens (tertiary/aromatic N) is 1. The van der Waals surface area contributed by atoms with Gasteiger partial charge in [0.2, 0.25) is 0 Å². The lowest BCUT2D eigenvalue weighted by atomic mass is 10.1. The number of benzene rings is 1. The van der Waals surface area contributed by atoms with Crippen LogP contribution in [0.5, 0.6) is 5.75 Å². The van der Waals surface area contributed by atoms with E-state index in [-0.39, 0.29) is 0 Å². The molecule has 15 heavy (non-hydrogen) atoms. The fourth-order valence-electron chi connectivity index (χ4n) is 1.33. The van der Waals surface area contributed by atoms with Crippen LogP contribution in [0.1, 0.15) is 0 Å². The summed E-state index contributed by atoms with van der Waals surface area (Å²) in [4.78, 5) is 0. The van der Waals surface area contributed by atoms with Crippen LogP contribution in [-0.4, -0.2) is 23.6 Å². The molecule has 0 unspecified atom stereocenters. The maximum atomic E-state index is 5.10. The zero-order valence-electron chi connectivity index (χ0n) is 8.65. The first-order valence-corrected chi connectivity index (χ1v) is 5.80. The monoisotopic (exact) mass is 220 g/mol. The van der Waals surface area contributed by atoms with Crippen molar-refractivity contribution in [1.82, 2.24) is 10.2 Å². The average molecular weight is 220 g/mol. The molecule has 0 aliphatic heterocycles. The Bertz CT molecular complexity index is 436. The first-order valence-electron chi connectivity index (χ1n) is 4.57. The topological polar surface area (TPSA) is 37.9 Å². The zero-order chi connectivity index (χ0) is 10.7. The second kappa shape index (κ2) is 4.40. The standard InChI is InChI=1S/C11H12N2OS/c1-14-9-5-3-8(4-6-9)10-7-11(15-2)13-12-10/h3-7H,1-2H3,(H,12,13). The van der Waals surface area contributed by atoms with Gasteiger partial charge in [0.15, 0.2) is 0 Å². The Labute approximate surface area is 92.9 Å². The molecule has 0 saturated heterocycles. The highest BCUT2D eigenvalue weighted by Gasteiger charge is 2.02. The van der Waals surface area contributed by atoms with Gasteiger partial charge in [-0.15, -0.1) is 11.8 Å². The van der Waals surface area contributed by atoms with Crippen LogP contribution in [0.25, 0.3) is 11.3 Å². The molecule has 78 valence electrons. The van der Waals surface area contributed by atoms with Crippen LogP contribution in [0, 0.1) is 0 Å². The van der Waals surface area contributed by atoms with Crippen LogP contribution >= 0.6 is 11.8 Å². The summed E-state index contributed by atoms with van der Waals surface area (Å²) in [7, 11) is 1.66. The van der Waals surface area contributed by atoms with Crippen molar-refractivity contribution in [3.63, 3.8) is 0 Å². The Morgan fingerprint density at radius 2 is 2.00 bits per heavy atom. The average Bonchev–Trinajstić information content (AvgIpc) is 2.78. The van der Waals surface area contributed by atoms with Gasteiger partial charge >= 0.3 is 0 Å². The van der Waals surface area contributed by atoms with Gasteiger partial charge in [0.05, 0.1) is 12.8 Å². The van der Waals surface area contributed by atoms with Crippen molar-refractivity contribution in [2.24, 2.45) is 0 Å². The van der Waals surface area contributed by atoms with Crippen molar-refractivity contribution >= 4 is 11.8 Å². The van der Waals surface area contributed by atoms with Crippen LogP contribution < -0.4 is 4.74 Å². The van der Waals surface area contributed by atoms with E-state index < -0.39 is 0 Å². The molecule has 3 nitrogen and oxygen atoms in total. The molecule has 0 radical (unpaired) electrons. The molecular formula is C11H12N2OS. The number of nitrogens with one attached hydrogen (secondary N) is 1. The molecule has 1 aromatic carbocycles. The molecule has 0 atom stereocenters. The summed E-state index contributed by atoms with van der Waals surface area (Å²) in [5.74, 6) is 0.864. The minimum Gasteiger partial charge on any atom is -0.497 e. The number of aromatic amines is 1. The molecule has 0 bridgehead atoms. The third-order valence-corrected chi connectivity index (χ3v) is 2.79. The number of thioether (sulfide) groups is 1. The molecule has 0 saturated carbocycles. The SMILES string of the molecule is COc1ccc(-c2cc(SC)n[nH]2)cc1. The van der Waals surface area contributed by atoms with E-state index in [0.29, 0.717) is 0 Å². The molecule has 0 amide bonds. The zero-order valence-corrected chi connectivity index (χ0v) is 9.47. The van der Waals surface area contributed by atoms with Crippen molar-refractivity contribution in [1.29, 1.82) is 0 Å². The summed E-state index contributed by atoms with van der Waals surface area (Å²) < 4.78 is 5.10. The van der Waals surface area contributed by atoms with Gasteiger partial charge in [0, 0.05) is 0 Å². The van der Waals surface area contributed by atoms with Gasteiger partial charge in [-0.05, 0) is 42.2 Å². The number of rotatable bonds is 3. The van der Waals surface area contributed by atoms with Gasteiger partial charge in [-0.2, -0.15) is 5.10 Å². The summed E-state index contributed by atoms with van der Waals surface area (Å²) in [6.07, 6.45) is 2.01. The number of hydrogen-bond donors (Lipinski definition) is 1. The van der Waals surface area contributed by atoms with E-state index in [2.05, 4.69) is 10.2 Å². The van der Waals surface area contributed by atoms with Crippen molar-refractivity contribution < 1.29 is 4.74 Å². The number of hydrogen-bond acceptors (Lipinski definition) is 3. The van der Waals surface area contributed by atoms with Gasteiger partial charge in [-0.3, -0.25) is 5.10 Å². The fourth-order valence-corrected chi connectivity index (χ4v) is 1.70. The van der Waals surface area contributed by atoms with Crippen molar-refractivity contribution in [2.45, 2.75) is 5.03 Å². The van der Waals surface area contributed by atoms with E-state index in [4.69, 9.17) is 4.74 Å². The third kappa shape index (κ3) is 2.15. The van der Waals surface area contributed by atoms with E-state index >= 15 is 0 Å². The molecule has 0 aliphatic carbocycles. The molecule has 0 fully saturated rings. The lowest BCUT2D eigenvalue weighted by Gasteiger charge is -2.00. The van der Waals surface area contributed by atoms with E-state index in [9.17, 15) is 0 Å². The Morgan fingerprint density at radius 1 is 1.27 bits per heavy atom. The predicted molar refractivity (Wildman–Crippen MR) is 62.4 cm³/mol. The molecule has 2 aromatic rings. The van der Waals surface area contributed by atoms with Gasteiger partial charge in [0.1, 0.15) is 10.8 Å². The summed E-state index contributed by atoms with van der Waals surface area (Å²) in [6.45, 7) is 0. The first-order chi connectivity index (χ1) is 7.33. The van der Waals surface area contributed by atoms with Crippen LogP contribution in [0.4, 0.5) is 0 Å². The van der Waals surface area contributed by atoms with E-state index in [1.807, 2.05) is 36.6 Å². The van der Waals surface area contributed by atoms with Gasteiger partial charge in [-0.25, -0.2) is 0 Å². The number of methoxy groups -OCH3 is 1. The summed E-state index contributed by atoms with van der Waals surface area (Å²) in [6, 6.07) is 9.93. The molecular weight excluding hydrogens is 208 g/mol. The van der Waals surface area contributed by atoms with Gasteiger partial charge in [0.25, 0.3) is 0 Å². The maximum absolute atomic E-state index is 5.10. The van der Waals surface area contributed by atoms with Crippen LogP contribution in [0.2, 0.25) is 0 Å². The Balaban J connectivity index is 2.28. The maximum Gasteiger partial charge on any atom is 0.118 e. The van der Waals surface area contributed by atoms with Gasteiger partial charge in [-0.1, -0.05) is 0 Å². The van der Waals surface area contributed by atoms with Crippen LogP contribution in [0.15, 0.2) is 35.4 Å². The molecule has 1 heterocycles. The Kier molecular flexibility index (Phi) is 2.97. The minimum absolute atomic E-state index is 0.864. The quantitative estimate of drug-likeness (QED) is 0.808. The second-order valence-electron chi connectivity index (χ2n) is 3.05. The lowest BCUT2D eigenvalue weighted by Crippen LogP contribution is -1.82. The van der Waals surface area contributed by atoms with Crippen LogP contribution in [0.3, 0.4) is 0 Å².